The van der Waals surface area contributed by atoms with Crippen molar-refractivity contribution < 1.29 is 22.6 Å². The Morgan fingerprint density at radius 1 is 1.33 bits per heavy atom. The van der Waals surface area contributed by atoms with Crippen molar-refractivity contribution >= 4 is 5.96 Å². The van der Waals surface area contributed by atoms with Crippen molar-refractivity contribution in [3.8, 4) is 0 Å². The molecule has 152 valence electrons. The van der Waals surface area contributed by atoms with Crippen molar-refractivity contribution in [2.24, 2.45) is 10.7 Å². The third-order valence-electron chi connectivity index (χ3n) is 4.78. The Morgan fingerprint density at radius 3 is 2.74 bits per heavy atom. The van der Waals surface area contributed by atoms with Gasteiger partial charge in [0.15, 0.2) is 5.96 Å². The average Bonchev–Trinajstić information content (AvgIpc) is 2.66. The lowest BCUT2D eigenvalue weighted by Crippen LogP contribution is -2.39. The van der Waals surface area contributed by atoms with Gasteiger partial charge in [-0.2, -0.15) is 13.2 Å². The van der Waals surface area contributed by atoms with Crippen molar-refractivity contribution in [1.29, 1.82) is 0 Å². The van der Waals surface area contributed by atoms with Gasteiger partial charge in [-0.1, -0.05) is 18.2 Å². The molecule has 2 rings (SSSR count). The Labute approximate surface area is 158 Å². The van der Waals surface area contributed by atoms with Crippen molar-refractivity contribution in [2.45, 2.75) is 37.8 Å². The number of hydrogen-bond donors (Lipinski definition) is 2. The number of hydrogen-bond acceptors (Lipinski definition) is 3. The average molecular weight is 387 g/mol. The van der Waals surface area contributed by atoms with E-state index in [0.717, 1.165) is 12.5 Å². The monoisotopic (exact) mass is 387 g/mol. The van der Waals surface area contributed by atoms with E-state index in [9.17, 15) is 13.2 Å². The lowest BCUT2D eigenvalue weighted by Gasteiger charge is -2.37. The van der Waals surface area contributed by atoms with Crippen LogP contribution < -0.4 is 11.1 Å². The third-order valence-corrected chi connectivity index (χ3v) is 4.78. The smallest absolute Gasteiger partial charge is 0.382 e. The molecule has 0 atom stereocenters. The zero-order valence-corrected chi connectivity index (χ0v) is 15.6. The first-order valence-corrected chi connectivity index (χ1v) is 9.24. The molecule has 0 bridgehead atoms. The van der Waals surface area contributed by atoms with Crippen LogP contribution in [-0.4, -0.2) is 45.5 Å². The molecule has 3 N–H and O–H groups in total. The molecule has 0 spiro atoms. The molecule has 1 saturated heterocycles. The van der Waals surface area contributed by atoms with Crippen LogP contribution in [0.3, 0.4) is 0 Å². The van der Waals surface area contributed by atoms with Crippen LogP contribution in [0.1, 0.15) is 37.3 Å². The summed E-state index contributed by atoms with van der Waals surface area (Å²) >= 11 is 0. The van der Waals surface area contributed by atoms with Gasteiger partial charge in [0.25, 0.3) is 0 Å². The largest absolute Gasteiger partial charge is 0.416 e. The van der Waals surface area contributed by atoms with E-state index in [1.54, 1.807) is 6.07 Å². The van der Waals surface area contributed by atoms with E-state index in [0.29, 0.717) is 63.9 Å². The highest BCUT2D eigenvalue weighted by molar-refractivity contribution is 5.77. The van der Waals surface area contributed by atoms with E-state index < -0.39 is 17.2 Å². The maximum absolute atomic E-state index is 13.1. The van der Waals surface area contributed by atoms with Gasteiger partial charge in [-0.05, 0) is 37.8 Å². The van der Waals surface area contributed by atoms with E-state index in [4.69, 9.17) is 15.2 Å². The predicted molar refractivity (Wildman–Crippen MR) is 98.8 cm³/mol. The maximum Gasteiger partial charge on any atom is 0.416 e. The number of nitrogens with zero attached hydrogens (tertiary/aromatic N) is 1. The minimum atomic E-state index is -4.37. The molecule has 5 nitrogen and oxygen atoms in total. The Balaban J connectivity index is 2.09. The SMILES string of the molecule is CCOCCCNC(N)=NCC1(c2cccc(C(F)(F)F)c2)CCOCC1. The van der Waals surface area contributed by atoms with Crippen LogP contribution in [0, 0.1) is 0 Å². The fraction of sp³-hybridized carbons (Fsp3) is 0.632. The lowest BCUT2D eigenvalue weighted by molar-refractivity contribution is -0.137. The highest BCUT2D eigenvalue weighted by atomic mass is 19.4. The van der Waals surface area contributed by atoms with Crippen molar-refractivity contribution in [3.63, 3.8) is 0 Å². The van der Waals surface area contributed by atoms with E-state index >= 15 is 0 Å². The van der Waals surface area contributed by atoms with Gasteiger partial charge in [0.2, 0.25) is 0 Å². The number of rotatable bonds is 8. The van der Waals surface area contributed by atoms with E-state index in [-0.39, 0.29) is 0 Å². The van der Waals surface area contributed by atoms with Gasteiger partial charge in [-0.25, -0.2) is 0 Å². The third kappa shape index (κ3) is 6.39. The molecule has 1 aliphatic heterocycles. The number of nitrogens with one attached hydrogen (secondary N) is 1. The zero-order valence-electron chi connectivity index (χ0n) is 15.6. The normalized spacial score (nSPS) is 17.7. The van der Waals surface area contributed by atoms with Gasteiger partial charge in [0, 0.05) is 38.4 Å². The molecule has 0 saturated carbocycles. The van der Waals surface area contributed by atoms with E-state index in [1.807, 2.05) is 6.92 Å². The zero-order chi connectivity index (χ0) is 19.8. The molecule has 27 heavy (non-hydrogen) atoms. The second kappa shape index (κ2) is 9.94. The quantitative estimate of drug-likeness (QED) is 0.409. The second-order valence-corrected chi connectivity index (χ2v) is 6.65. The Kier molecular flexibility index (Phi) is 7.91. The van der Waals surface area contributed by atoms with E-state index in [2.05, 4.69) is 10.3 Å². The molecule has 1 aromatic carbocycles. The number of nitrogens with two attached hydrogens (primary N) is 1. The summed E-state index contributed by atoms with van der Waals surface area (Å²) in [4.78, 5) is 4.41. The van der Waals surface area contributed by atoms with Gasteiger partial charge >= 0.3 is 6.18 Å². The first-order chi connectivity index (χ1) is 12.9. The van der Waals surface area contributed by atoms with Crippen LogP contribution >= 0.6 is 0 Å². The summed E-state index contributed by atoms with van der Waals surface area (Å²) in [5.41, 5.74) is 5.42. The van der Waals surface area contributed by atoms with Crippen molar-refractivity contribution in [2.75, 3.05) is 39.5 Å². The van der Waals surface area contributed by atoms with Gasteiger partial charge in [-0.3, -0.25) is 4.99 Å². The van der Waals surface area contributed by atoms with Crippen LogP contribution in [0.5, 0.6) is 0 Å². The Bertz CT molecular complexity index is 614. The summed E-state index contributed by atoms with van der Waals surface area (Å²) in [6.45, 7) is 5.19. The molecule has 0 radical (unpaired) electrons. The molecule has 0 unspecified atom stereocenters. The summed E-state index contributed by atoms with van der Waals surface area (Å²) < 4.78 is 50.0. The standard InChI is InChI=1S/C19H28F3N3O2/c1-2-26-10-4-9-24-17(23)25-14-18(7-11-27-12-8-18)15-5-3-6-16(13-15)19(20,21)22/h3,5-6,13H,2,4,7-12,14H2,1H3,(H3,23,24,25). The topological polar surface area (TPSA) is 68.9 Å². The molecule has 1 fully saturated rings. The first-order valence-electron chi connectivity index (χ1n) is 9.24. The molecular weight excluding hydrogens is 359 g/mol. The number of aliphatic imine (C=N–C) groups is 1. The summed E-state index contributed by atoms with van der Waals surface area (Å²) in [6.07, 6.45) is -2.35. The van der Waals surface area contributed by atoms with Gasteiger partial charge in [-0.15, -0.1) is 0 Å². The summed E-state index contributed by atoms with van der Waals surface area (Å²) in [5, 5.41) is 3.02. The first kappa shape index (κ1) is 21.5. The fourth-order valence-electron chi connectivity index (χ4n) is 3.15. The lowest BCUT2D eigenvalue weighted by atomic mass is 9.74. The summed E-state index contributed by atoms with van der Waals surface area (Å²) in [5.74, 6) is 0.296. The Morgan fingerprint density at radius 2 is 2.07 bits per heavy atom. The molecule has 1 heterocycles. The molecule has 0 amide bonds. The molecular formula is C19H28F3N3O2. The van der Waals surface area contributed by atoms with Crippen LogP contribution in [0.15, 0.2) is 29.3 Å². The van der Waals surface area contributed by atoms with Gasteiger partial charge in [0.05, 0.1) is 12.1 Å². The van der Waals surface area contributed by atoms with Crippen LogP contribution in [0.25, 0.3) is 0 Å². The second-order valence-electron chi connectivity index (χ2n) is 6.65. The highest BCUT2D eigenvalue weighted by Crippen LogP contribution is 2.38. The van der Waals surface area contributed by atoms with Crippen molar-refractivity contribution in [3.05, 3.63) is 35.4 Å². The van der Waals surface area contributed by atoms with Crippen LogP contribution in [0.2, 0.25) is 0 Å². The number of alkyl halides is 3. The number of benzene rings is 1. The predicted octanol–water partition coefficient (Wildman–Crippen LogP) is 3.08. The van der Waals surface area contributed by atoms with Gasteiger partial charge in [0.1, 0.15) is 0 Å². The Hall–Kier alpha value is -1.80. The summed E-state index contributed by atoms with van der Waals surface area (Å²) in [7, 11) is 0. The highest BCUT2D eigenvalue weighted by Gasteiger charge is 2.37. The number of guanidine groups is 1. The molecule has 1 aliphatic rings. The van der Waals surface area contributed by atoms with Crippen LogP contribution in [-0.2, 0) is 21.1 Å². The fourth-order valence-corrected chi connectivity index (χ4v) is 3.15. The summed E-state index contributed by atoms with van der Waals surface area (Å²) in [6, 6.07) is 5.51. The minimum Gasteiger partial charge on any atom is -0.382 e. The molecule has 8 heteroatoms. The molecule has 1 aromatic rings. The number of halogens is 3. The van der Waals surface area contributed by atoms with Gasteiger partial charge < -0.3 is 20.5 Å². The van der Waals surface area contributed by atoms with E-state index in [1.165, 1.54) is 12.1 Å². The molecule has 0 aromatic heterocycles. The van der Waals surface area contributed by atoms with Crippen molar-refractivity contribution in [1.82, 2.24) is 5.32 Å². The minimum absolute atomic E-state index is 0.296. The van der Waals surface area contributed by atoms with Crippen LogP contribution in [0.4, 0.5) is 13.2 Å². The maximum atomic E-state index is 13.1. The number of ether oxygens (including phenoxy) is 2. The molecule has 0 aliphatic carbocycles.